The molecule has 148 valence electrons. The summed E-state index contributed by atoms with van der Waals surface area (Å²) >= 11 is 1.32. The van der Waals surface area contributed by atoms with Crippen LogP contribution in [0, 0.1) is 11.6 Å². The summed E-state index contributed by atoms with van der Waals surface area (Å²) in [6, 6.07) is 2.03. The van der Waals surface area contributed by atoms with E-state index in [2.05, 4.69) is 11.6 Å². The van der Waals surface area contributed by atoms with Gasteiger partial charge in [-0.25, -0.2) is 13.8 Å². The third-order valence-electron chi connectivity index (χ3n) is 3.66. The molecule has 0 fully saturated rings. The normalized spacial score (nSPS) is 12.0. The Kier molecular flexibility index (Phi) is 7.45. The molecule has 0 spiro atoms. The fraction of sp³-hybridized carbons (Fsp3) is 0.200. The number of amides is 1. The number of ether oxygens (including phenoxy) is 2. The minimum absolute atomic E-state index is 0.0485. The fourth-order valence-corrected chi connectivity index (χ4v) is 3.05. The summed E-state index contributed by atoms with van der Waals surface area (Å²) in [6.45, 7) is 5.64. The van der Waals surface area contributed by atoms with Crippen molar-refractivity contribution >= 4 is 22.8 Å². The van der Waals surface area contributed by atoms with Crippen LogP contribution in [0.1, 0.15) is 34.4 Å². The van der Waals surface area contributed by atoms with Gasteiger partial charge in [-0.1, -0.05) is 19.6 Å². The van der Waals surface area contributed by atoms with E-state index in [9.17, 15) is 13.6 Å². The minimum Gasteiger partial charge on any atom is -0.497 e. The van der Waals surface area contributed by atoms with Gasteiger partial charge in [-0.15, -0.1) is 11.3 Å². The van der Waals surface area contributed by atoms with Gasteiger partial charge in [0.05, 0.1) is 12.8 Å². The third-order valence-corrected chi connectivity index (χ3v) is 4.48. The SMILES string of the molecule is C=C/C(=C\C(=C/CC)c1csc(COc2ccc(F)c(C(N)=O)c2F)n1)OC. The summed E-state index contributed by atoms with van der Waals surface area (Å²) in [4.78, 5) is 15.7. The average molecular weight is 406 g/mol. The molecule has 0 atom stereocenters. The molecule has 0 saturated heterocycles. The van der Waals surface area contributed by atoms with E-state index in [1.807, 2.05) is 24.5 Å². The van der Waals surface area contributed by atoms with Gasteiger partial charge in [0.2, 0.25) is 0 Å². The van der Waals surface area contributed by atoms with E-state index >= 15 is 0 Å². The molecule has 2 rings (SSSR count). The molecule has 28 heavy (non-hydrogen) atoms. The monoisotopic (exact) mass is 406 g/mol. The molecule has 0 radical (unpaired) electrons. The summed E-state index contributed by atoms with van der Waals surface area (Å²) in [7, 11) is 1.55. The van der Waals surface area contributed by atoms with Gasteiger partial charge in [0.25, 0.3) is 5.91 Å². The molecule has 1 aromatic carbocycles. The van der Waals surface area contributed by atoms with Gasteiger partial charge in [-0.2, -0.15) is 0 Å². The van der Waals surface area contributed by atoms with E-state index in [0.29, 0.717) is 16.5 Å². The van der Waals surface area contributed by atoms with Crippen molar-refractivity contribution in [2.24, 2.45) is 5.73 Å². The number of nitrogens with zero attached hydrogens (tertiary/aromatic N) is 1. The minimum atomic E-state index is -1.20. The zero-order valence-corrected chi connectivity index (χ0v) is 16.3. The molecule has 1 amide bonds. The second-order valence-electron chi connectivity index (χ2n) is 5.54. The van der Waals surface area contributed by atoms with Gasteiger partial charge in [0.1, 0.15) is 28.8 Å². The average Bonchev–Trinajstić information content (AvgIpc) is 3.13. The first-order valence-electron chi connectivity index (χ1n) is 8.34. The summed E-state index contributed by atoms with van der Waals surface area (Å²) < 4.78 is 38.3. The van der Waals surface area contributed by atoms with Crippen LogP contribution in [0.3, 0.4) is 0 Å². The first-order valence-corrected chi connectivity index (χ1v) is 9.22. The quantitative estimate of drug-likeness (QED) is 0.488. The Balaban J connectivity index is 2.20. The van der Waals surface area contributed by atoms with Crippen molar-refractivity contribution in [2.45, 2.75) is 20.0 Å². The first kappa shape index (κ1) is 21.3. The standard InChI is InChI=1S/C20H20F2N2O3S/c1-4-6-12(9-13(5-2)26-3)15-11-28-17(24-15)10-27-16-8-7-14(21)18(19(16)22)20(23)25/h5-9,11H,2,4,10H2,1,3H3,(H2,23,25)/b12-6+,13-9+. The largest absolute Gasteiger partial charge is 0.497 e. The van der Waals surface area contributed by atoms with E-state index in [-0.39, 0.29) is 12.4 Å². The number of primary amides is 1. The predicted octanol–water partition coefficient (Wildman–Crippen LogP) is 4.61. The number of benzene rings is 1. The second-order valence-corrected chi connectivity index (χ2v) is 6.48. The number of carbonyl (C=O) groups is 1. The van der Waals surface area contributed by atoms with E-state index < -0.39 is 23.1 Å². The number of carbonyl (C=O) groups excluding carboxylic acids is 1. The molecule has 0 bridgehead atoms. The van der Waals surface area contributed by atoms with Crippen LogP contribution in [-0.4, -0.2) is 18.0 Å². The maximum atomic E-state index is 14.2. The van der Waals surface area contributed by atoms with E-state index in [1.54, 1.807) is 13.2 Å². The highest BCUT2D eigenvalue weighted by Gasteiger charge is 2.19. The highest BCUT2D eigenvalue weighted by Crippen LogP contribution is 2.26. The summed E-state index contributed by atoms with van der Waals surface area (Å²) in [5.74, 6) is -3.04. The highest BCUT2D eigenvalue weighted by molar-refractivity contribution is 7.09. The Morgan fingerprint density at radius 2 is 2.14 bits per heavy atom. The van der Waals surface area contributed by atoms with Crippen LogP contribution < -0.4 is 10.5 Å². The number of hydrogen-bond acceptors (Lipinski definition) is 5. The lowest BCUT2D eigenvalue weighted by Gasteiger charge is -2.08. The highest BCUT2D eigenvalue weighted by atomic mass is 32.1. The molecule has 0 aliphatic rings. The molecule has 2 N–H and O–H groups in total. The van der Waals surface area contributed by atoms with Crippen LogP contribution in [0.4, 0.5) is 8.78 Å². The number of halogens is 2. The molecular formula is C20H20F2N2O3S. The van der Waals surface area contributed by atoms with Gasteiger partial charge in [-0.05, 0) is 30.7 Å². The van der Waals surface area contributed by atoms with Gasteiger partial charge in [0, 0.05) is 11.0 Å². The molecule has 2 aromatic rings. The molecule has 5 nitrogen and oxygen atoms in total. The predicted molar refractivity (Wildman–Crippen MR) is 105 cm³/mol. The Morgan fingerprint density at radius 3 is 2.75 bits per heavy atom. The topological polar surface area (TPSA) is 74.4 Å². The Labute approximate surface area is 165 Å². The van der Waals surface area contributed by atoms with Crippen molar-refractivity contribution < 1.29 is 23.0 Å². The van der Waals surface area contributed by atoms with Crippen molar-refractivity contribution in [3.8, 4) is 5.75 Å². The van der Waals surface area contributed by atoms with Crippen LogP contribution in [-0.2, 0) is 11.3 Å². The molecule has 0 unspecified atom stereocenters. The van der Waals surface area contributed by atoms with Gasteiger partial charge < -0.3 is 15.2 Å². The van der Waals surface area contributed by atoms with Crippen molar-refractivity contribution in [3.63, 3.8) is 0 Å². The zero-order chi connectivity index (χ0) is 20.7. The van der Waals surface area contributed by atoms with E-state index in [4.69, 9.17) is 15.2 Å². The molecule has 0 aliphatic carbocycles. The smallest absolute Gasteiger partial charge is 0.254 e. The third kappa shape index (κ3) is 5.04. The maximum absolute atomic E-state index is 14.2. The first-order chi connectivity index (χ1) is 13.4. The van der Waals surface area contributed by atoms with Crippen LogP contribution in [0.25, 0.3) is 5.57 Å². The maximum Gasteiger partial charge on any atom is 0.254 e. The van der Waals surface area contributed by atoms with Gasteiger partial charge in [0.15, 0.2) is 11.6 Å². The Bertz CT molecular complexity index is 936. The van der Waals surface area contributed by atoms with Gasteiger partial charge in [-0.3, -0.25) is 4.79 Å². The van der Waals surface area contributed by atoms with Crippen molar-refractivity contribution in [1.29, 1.82) is 0 Å². The summed E-state index contributed by atoms with van der Waals surface area (Å²) in [5, 5.41) is 2.41. The van der Waals surface area contributed by atoms with Crippen molar-refractivity contribution in [3.05, 3.63) is 76.0 Å². The lowest BCUT2D eigenvalue weighted by atomic mass is 10.1. The van der Waals surface area contributed by atoms with E-state index in [1.165, 1.54) is 11.3 Å². The summed E-state index contributed by atoms with van der Waals surface area (Å²) in [5.41, 5.74) is 5.74. The molecule has 8 heteroatoms. The molecule has 0 aliphatic heterocycles. The van der Waals surface area contributed by atoms with Crippen LogP contribution >= 0.6 is 11.3 Å². The van der Waals surface area contributed by atoms with Crippen molar-refractivity contribution in [1.82, 2.24) is 4.98 Å². The molecule has 0 saturated carbocycles. The van der Waals surface area contributed by atoms with Gasteiger partial charge >= 0.3 is 0 Å². The Hall–Kier alpha value is -3.00. The van der Waals surface area contributed by atoms with Crippen molar-refractivity contribution in [2.75, 3.05) is 7.11 Å². The number of rotatable bonds is 9. The van der Waals surface area contributed by atoms with E-state index in [0.717, 1.165) is 24.1 Å². The van der Waals surface area contributed by atoms with Crippen LogP contribution in [0.2, 0.25) is 0 Å². The number of allylic oxidation sites excluding steroid dienone is 4. The lowest BCUT2D eigenvalue weighted by Crippen LogP contribution is -2.16. The fourth-order valence-electron chi connectivity index (χ4n) is 2.33. The zero-order valence-electron chi connectivity index (χ0n) is 15.5. The van der Waals surface area contributed by atoms with Crippen LogP contribution in [0.5, 0.6) is 5.75 Å². The summed E-state index contributed by atoms with van der Waals surface area (Å²) in [6.07, 6.45) is 6.18. The number of hydrogen-bond donors (Lipinski definition) is 1. The lowest BCUT2D eigenvalue weighted by molar-refractivity contribution is 0.0991. The number of thiazole rings is 1. The molecule has 1 heterocycles. The molecule has 1 aromatic heterocycles. The second kappa shape index (κ2) is 9.80. The van der Waals surface area contributed by atoms with Crippen LogP contribution in [0.15, 0.2) is 48.1 Å². The Morgan fingerprint density at radius 1 is 1.39 bits per heavy atom. The molecular weight excluding hydrogens is 386 g/mol. The number of aromatic nitrogens is 1. The number of methoxy groups -OCH3 is 1. The number of nitrogens with two attached hydrogens (primary N) is 1.